The van der Waals surface area contributed by atoms with Crippen molar-refractivity contribution in [3.63, 3.8) is 0 Å². The average Bonchev–Trinajstić information content (AvgIpc) is 3.04. The van der Waals surface area contributed by atoms with Crippen LogP contribution in [0.1, 0.15) is 10.4 Å². The number of amides is 1. The molecular formula is C18H14ClFN2O4. The predicted molar refractivity (Wildman–Crippen MR) is 95.8 cm³/mol. The van der Waals surface area contributed by atoms with Crippen LogP contribution in [0.3, 0.4) is 0 Å². The van der Waals surface area contributed by atoms with Gasteiger partial charge in [0.15, 0.2) is 0 Å². The molecule has 6 nitrogen and oxygen atoms in total. The SMILES string of the molecule is COc1cc(NC(=O)C(=O)c2c[nH]c3cc(F)ccc23)c(OC)cc1Cl. The summed E-state index contributed by atoms with van der Waals surface area (Å²) in [6, 6.07) is 6.83. The number of ketones is 1. The average molecular weight is 377 g/mol. The Balaban J connectivity index is 1.91. The number of hydrogen-bond donors (Lipinski definition) is 2. The maximum atomic E-state index is 13.3. The van der Waals surface area contributed by atoms with Crippen molar-refractivity contribution in [1.82, 2.24) is 4.98 Å². The van der Waals surface area contributed by atoms with E-state index in [1.54, 1.807) is 0 Å². The van der Waals surface area contributed by atoms with Gasteiger partial charge in [-0.05, 0) is 18.2 Å². The van der Waals surface area contributed by atoms with Crippen LogP contribution in [0.4, 0.5) is 10.1 Å². The molecule has 3 aromatic rings. The van der Waals surface area contributed by atoms with Gasteiger partial charge in [0.1, 0.15) is 17.3 Å². The van der Waals surface area contributed by atoms with Crippen molar-refractivity contribution in [2.45, 2.75) is 0 Å². The summed E-state index contributed by atoms with van der Waals surface area (Å²) in [7, 11) is 2.83. The first-order valence-electron chi connectivity index (χ1n) is 7.48. The predicted octanol–water partition coefficient (Wildman–Crippen LogP) is 3.80. The molecule has 1 aromatic heterocycles. The monoisotopic (exact) mass is 376 g/mol. The van der Waals surface area contributed by atoms with Crippen molar-refractivity contribution in [3.8, 4) is 11.5 Å². The number of hydrogen-bond acceptors (Lipinski definition) is 4. The number of carbonyl (C=O) groups excluding carboxylic acids is 2. The Morgan fingerprint density at radius 2 is 1.85 bits per heavy atom. The van der Waals surface area contributed by atoms with Crippen LogP contribution in [0, 0.1) is 5.82 Å². The van der Waals surface area contributed by atoms with E-state index in [2.05, 4.69) is 10.3 Å². The highest BCUT2D eigenvalue weighted by atomic mass is 35.5. The molecule has 0 radical (unpaired) electrons. The van der Waals surface area contributed by atoms with Crippen LogP contribution in [-0.2, 0) is 4.79 Å². The largest absolute Gasteiger partial charge is 0.495 e. The lowest BCUT2D eigenvalue weighted by molar-refractivity contribution is -0.112. The maximum Gasteiger partial charge on any atom is 0.296 e. The summed E-state index contributed by atoms with van der Waals surface area (Å²) in [5, 5.41) is 3.24. The van der Waals surface area contributed by atoms with Crippen LogP contribution in [0.2, 0.25) is 5.02 Å². The van der Waals surface area contributed by atoms with Crippen LogP contribution in [0.15, 0.2) is 36.5 Å². The van der Waals surface area contributed by atoms with Crippen molar-refractivity contribution in [2.24, 2.45) is 0 Å². The van der Waals surface area contributed by atoms with E-state index in [0.717, 1.165) is 0 Å². The molecule has 0 aliphatic carbocycles. The zero-order valence-corrected chi connectivity index (χ0v) is 14.6. The van der Waals surface area contributed by atoms with Crippen molar-refractivity contribution in [1.29, 1.82) is 0 Å². The number of benzene rings is 2. The summed E-state index contributed by atoms with van der Waals surface area (Å²) in [6.45, 7) is 0. The Kier molecular flexibility index (Phi) is 4.81. The third-order valence-corrected chi connectivity index (χ3v) is 4.11. The molecule has 0 spiro atoms. The molecule has 0 aliphatic heterocycles. The van der Waals surface area contributed by atoms with Crippen LogP contribution >= 0.6 is 11.6 Å². The van der Waals surface area contributed by atoms with E-state index in [0.29, 0.717) is 21.7 Å². The Morgan fingerprint density at radius 1 is 1.12 bits per heavy atom. The van der Waals surface area contributed by atoms with Crippen molar-refractivity contribution < 1.29 is 23.5 Å². The third kappa shape index (κ3) is 3.21. The first kappa shape index (κ1) is 17.8. The number of methoxy groups -OCH3 is 2. The highest BCUT2D eigenvalue weighted by Gasteiger charge is 2.22. The van der Waals surface area contributed by atoms with E-state index in [-0.39, 0.29) is 17.0 Å². The number of aromatic amines is 1. The second-order valence-electron chi connectivity index (χ2n) is 5.36. The van der Waals surface area contributed by atoms with E-state index >= 15 is 0 Å². The molecule has 8 heteroatoms. The highest BCUT2D eigenvalue weighted by Crippen LogP contribution is 2.36. The highest BCUT2D eigenvalue weighted by molar-refractivity contribution is 6.48. The van der Waals surface area contributed by atoms with Crippen molar-refractivity contribution in [3.05, 3.63) is 52.9 Å². The van der Waals surface area contributed by atoms with Crippen LogP contribution in [0.25, 0.3) is 10.9 Å². The van der Waals surface area contributed by atoms with Crippen molar-refractivity contribution >= 4 is 39.9 Å². The maximum absolute atomic E-state index is 13.3. The minimum atomic E-state index is -0.877. The fraction of sp³-hybridized carbons (Fsp3) is 0.111. The Labute approximate surface area is 152 Å². The molecule has 3 rings (SSSR count). The number of carbonyl (C=O) groups is 2. The number of rotatable bonds is 5. The third-order valence-electron chi connectivity index (χ3n) is 3.82. The Bertz CT molecular complexity index is 1020. The molecule has 134 valence electrons. The van der Waals surface area contributed by atoms with Crippen LogP contribution in [-0.4, -0.2) is 30.9 Å². The fourth-order valence-corrected chi connectivity index (χ4v) is 2.78. The fourth-order valence-electron chi connectivity index (χ4n) is 2.55. The molecular weight excluding hydrogens is 363 g/mol. The summed E-state index contributed by atoms with van der Waals surface area (Å²) in [5.74, 6) is -1.51. The van der Waals surface area contributed by atoms with E-state index in [1.165, 1.54) is 50.7 Å². The topological polar surface area (TPSA) is 80.4 Å². The molecule has 0 atom stereocenters. The molecule has 0 bridgehead atoms. The summed E-state index contributed by atoms with van der Waals surface area (Å²) >= 11 is 6.02. The van der Waals surface area contributed by atoms with Gasteiger partial charge in [-0.3, -0.25) is 9.59 Å². The second-order valence-corrected chi connectivity index (χ2v) is 5.77. The van der Waals surface area contributed by atoms with Gasteiger partial charge < -0.3 is 19.8 Å². The summed E-state index contributed by atoms with van der Waals surface area (Å²) < 4.78 is 23.5. The van der Waals surface area contributed by atoms with Gasteiger partial charge in [0, 0.05) is 29.2 Å². The molecule has 0 aliphatic rings. The zero-order valence-electron chi connectivity index (χ0n) is 13.9. The quantitative estimate of drug-likeness (QED) is 0.524. The number of Topliss-reactive ketones (excluding diaryl/α,β-unsaturated/α-hetero) is 1. The number of anilines is 1. The van der Waals surface area contributed by atoms with Gasteiger partial charge in [0.05, 0.1) is 30.5 Å². The van der Waals surface area contributed by atoms with Crippen LogP contribution in [0.5, 0.6) is 11.5 Å². The number of halogens is 2. The van der Waals surface area contributed by atoms with Crippen LogP contribution < -0.4 is 14.8 Å². The molecule has 1 amide bonds. The zero-order chi connectivity index (χ0) is 18.8. The van der Waals surface area contributed by atoms with Gasteiger partial charge in [0.2, 0.25) is 0 Å². The number of H-pyrrole nitrogens is 1. The summed E-state index contributed by atoms with van der Waals surface area (Å²) in [4.78, 5) is 27.7. The van der Waals surface area contributed by atoms with E-state index < -0.39 is 17.5 Å². The normalized spacial score (nSPS) is 10.6. The minimum Gasteiger partial charge on any atom is -0.495 e. The lowest BCUT2D eigenvalue weighted by atomic mass is 10.1. The molecule has 1 heterocycles. The van der Waals surface area contributed by atoms with Gasteiger partial charge in [-0.15, -0.1) is 0 Å². The lowest BCUT2D eigenvalue weighted by Gasteiger charge is -2.12. The van der Waals surface area contributed by atoms with Gasteiger partial charge in [0.25, 0.3) is 11.7 Å². The van der Waals surface area contributed by atoms with Gasteiger partial charge in [-0.1, -0.05) is 11.6 Å². The Hall–Kier alpha value is -3.06. The molecule has 26 heavy (non-hydrogen) atoms. The number of fused-ring (bicyclic) bond motifs is 1. The van der Waals surface area contributed by atoms with E-state index in [9.17, 15) is 14.0 Å². The van der Waals surface area contributed by atoms with Crippen molar-refractivity contribution in [2.75, 3.05) is 19.5 Å². The standard InChI is InChI=1S/C18H14ClFN2O4/c1-25-15-7-14(16(26-2)6-12(15)19)22-18(24)17(23)11-8-21-13-5-9(20)3-4-10(11)13/h3-8,21H,1-2H3,(H,22,24). The molecule has 0 fully saturated rings. The first-order chi connectivity index (χ1) is 12.4. The Morgan fingerprint density at radius 3 is 2.54 bits per heavy atom. The number of nitrogens with one attached hydrogen (secondary N) is 2. The summed E-state index contributed by atoms with van der Waals surface area (Å²) in [6.07, 6.45) is 1.37. The van der Waals surface area contributed by atoms with E-state index in [4.69, 9.17) is 21.1 Å². The number of aromatic nitrogens is 1. The lowest BCUT2D eigenvalue weighted by Crippen LogP contribution is -2.23. The van der Waals surface area contributed by atoms with Gasteiger partial charge >= 0.3 is 0 Å². The molecule has 0 unspecified atom stereocenters. The van der Waals surface area contributed by atoms with Gasteiger partial charge in [-0.25, -0.2) is 4.39 Å². The van der Waals surface area contributed by atoms with Gasteiger partial charge in [-0.2, -0.15) is 0 Å². The smallest absolute Gasteiger partial charge is 0.296 e. The summed E-state index contributed by atoms with van der Waals surface area (Å²) in [5.41, 5.74) is 0.794. The first-order valence-corrected chi connectivity index (χ1v) is 7.86. The number of ether oxygens (including phenoxy) is 2. The molecule has 0 saturated carbocycles. The molecule has 2 N–H and O–H groups in total. The second kappa shape index (κ2) is 7.05. The molecule has 0 saturated heterocycles. The molecule has 2 aromatic carbocycles. The minimum absolute atomic E-state index is 0.136. The van der Waals surface area contributed by atoms with E-state index in [1.807, 2.05) is 0 Å².